The number of halogens is 3. The fourth-order valence-corrected chi connectivity index (χ4v) is 2.55. The van der Waals surface area contributed by atoms with Crippen LogP contribution in [0.15, 0.2) is 30.3 Å². The molecule has 21 heavy (non-hydrogen) atoms. The van der Waals surface area contributed by atoms with Gasteiger partial charge >= 0.3 is 0 Å². The second-order valence-corrected chi connectivity index (χ2v) is 5.50. The molecule has 0 saturated carbocycles. The monoisotopic (exact) mass is 396 g/mol. The third-order valence-electron chi connectivity index (χ3n) is 3.04. The van der Waals surface area contributed by atoms with E-state index < -0.39 is 11.6 Å². The predicted molar refractivity (Wildman–Crippen MR) is 82.8 cm³/mol. The summed E-state index contributed by atoms with van der Waals surface area (Å²) in [6.07, 6.45) is 0. The minimum atomic E-state index is -0.626. The van der Waals surface area contributed by atoms with Crippen LogP contribution in [-0.2, 0) is 0 Å². The molecule has 0 fully saturated rings. The lowest BCUT2D eigenvalue weighted by Crippen LogP contribution is -2.03. The number of fused-ring (bicyclic) bond motifs is 1. The summed E-state index contributed by atoms with van der Waals surface area (Å²) < 4.78 is 29.6. The van der Waals surface area contributed by atoms with Crippen LogP contribution in [0, 0.1) is 26.5 Å². The Morgan fingerprint density at radius 1 is 1.19 bits per heavy atom. The zero-order valence-electron chi connectivity index (χ0n) is 10.4. The van der Waals surface area contributed by atoms with Crippen molar-refractivity contribution in [1.29, 1.82) is 5.26 Å². The van der Waals surface area contributed by atoms with Crippen LogP contribution in [0.4, 0.5) is 14.7 Å². The molecule has 104 valence electrons. The summed E-state index contributed by atoms with van der Waals surface area (Å²) in [6.45, 7) is 0. The van der Waals surface area contributed by atoms with Crippen molar-refractivity contribution in [3.63, 3.8) is 0 Å². The highest BCUT2D eigenvalue weighted by Crippen LogP contribution is 2.27. The SMILES string of the molecule is N#Cc1ccc(-n2c(N)nc3cc(I)c(F)cc32)c(F)c1. The summed E-state index contributed by atoms with van der Waals surface area (Å²) >= 11 is 1.85. The van der Waals surface area contributed by atoms with Gasteiger partial charge in [-0.1, -0.05) is 0 Å². The first-order chi connectivity index (χ1) is 10.0. The number of nitriles is 1. The minimum absolute atomic E-state index is 0.0509. The number of imidazole rings is 1. The van der Waals surface area contributed by atoms with Crippen molar-refractivity contribution in [2.45, 2.75) is 0 Å². The van der Waals surface area contributed by atoms with E-state index in [0.29, 0.717) is 14.6 Å². The first-order valence-electron chi connectivity index (χ1n) is 5.84. The van der Waals surface area contributed by atoms with Gasteiger partial charge in [0.05, 0.1) is 31.9 Å². The molecule has 1 aromatic heterocycles. The second kappa shape index (κ2) is 4.96. The van der Waals surface area contributed by atoms with E-state index >= 15 is 0 Å². The molecule has 2 N–H and O–H groups in total. The van der Waals surface area contributed by atoms with E-state index in [1.54, 1.807) is 6.07 Å². The van der Waals surface area contributed by atoms with Crippen LogP contribution in [-0.4, -0.2) is 9.55 Å². The molecule has 0 bridgehead atoms. The number of hydrogen-bond donors (Lipinski definition) is 1. The Balaban J connectivity index is 2.32. The highest BCUT2D eigenvalue weighted by Gasteiger charge is 2.16. The van der Waals surface area contributed by atoms with Gasteiger partial charge in [-0.2, -0.15) is 5.26 Å². The van der Waals surface area contributed by atoms with Gasteiger partial charge in [0.2, 0.25) is 5.95 Å². The van der Waals surface area contributed by atoms with Gasteiger partial charge in [-0.25, -0.2) is 13.8 Å². The first kappa shape index (κ1) is 13.8. The van der Waals surface area contributed by atoms with Gasteiger partial charge in [0.15, 0.2) is 0 Å². The topological polar surface area (TPSA) is 67.6 Å². The molecular weight excluding hydrogens is 389 g/mol. The van der Waals surface area contributed by atoms with Crippen molar-refractivity contribution in [3.8, 4) is 11.8 Å². The lowest BCUT2D eigenvalue weighted by atomic mass is 10.2. The molecule has 4 nitrogen and oxygen atoms in total. The van der Waals surface area contributed by atoms with Crippen LogP contribution < -0.4 is 5.73 Å². The van der Waals surface area contributed by atoms with E-state index in [-0.39, 0.29) is 17.2 Å². The van der Waals surface area contributed by atoms with Gasteiger partial charge in [0, 0.05) is 6.07 Å². The van der Waals surface area contributed by atoms with Crippen LogP contribution in [0.2, 0.25) is 0 Å². The molecule has 0 unspecified atom stereocenters. The number of hydrogen-bond acceptors (Lipinski definition) is 3. The highest BCUT2D eigenvalue weighted by molar-refractivity contribution is 14.1. The normalized spacial score (nSPS) is 10.8. The highest BCUT2D eigenvalue weighted by atomic mass is 127. The van der Waals surface area contributed by atoms with Crippen LogP contribution in [0.25, 0.3) is 16.7 Å². The van der Waals surface area contributed by atoms with Gasteiger partial charge in [-0.3, -0.25) is 4.57 Å². The molecule has 3 rings (SSSR count). The van der Waals surface area contributed by atoms with Crippen molar-refractivity contribution in [1.82, 2.24) is 9.55 Å². The van der Waals surface area contributed by atoms with Gasteiger partial charge in [0.25, 0.3) is 0 Å². The van der Waals surface area contributed by atoms with Gasteiger partial charge in [-0.05, 0) is 46.9 Å². The van der Waals surface area contributed by atoms with Crippen molar-refractivity contribution >= 4 is 39.6 Å². The molecule has 1 heterocycles. The van der Waals surface area contributed by atoms with E-state index in [9.17, 15) is 8.78 Å². The van der Waals surface area contributed by atoms with Crippen LogP contribution in [0.3, 0.4) is 0 Å². The number of aromatic nitrogens is 2. The Labute approximate surface area is 131 Å². The van der Waals surface area contributed by atoms with E-state index in [0.717, 1.165) is 6.07 Å². The first-order valence-corrected chi connectivity index (χ1v) is 6.92. The molecule has 3 aromatic rings. The minimum Gasteiger partial charge on any atom is -0.369 e. The zero-order chi connectivity index (χ0) is 15.1. The molecule has 0 aliphatic rings. The summed E-state index contributed by atoms with van der Waals surface area (Å²) in [5.74, 6) is -1.01. The zero-order valence-corrected chi connectivity index (χ0v) is 12.6. The van der Waals surface area contributed by atoms with E-state index in [1.807, 2.05) is 28.7 Å². The molecular formula is C14H7F2IN4. The Bertz CT molecular complexity index is 911. The van der Waals surface area contributed by atoms with Crippen molar-refractivity contribution < 1.29 is 8.78 Å². The summed E-state index contributed by atoms with van der Waals surface area (Å²) in [4.78, 5) is 4.11. The molecule has 0 radical (unpaired) electrons. The fourth-order valence-electron chi connectivity index (χ4n) is 2.10. The van der Waals surface area contributed by atoms with Crippen molar-refractivity contribution in [2.24, 2.45) is 0 Å². The lowest BCUT2D eigenvalue weighted by molar-refractivity contribution is 0.616. The predicted octanol–water partition coefficient (Wildman–Crippen LogP) is 3.36. The maximum Gasteiger partial charge on any atom is 0.206 e. The van der Waals surface area contributed by atoms with Crippen LogP contribution in [0.1, 0.15) is 5.56 Å². The Morgan fingerprint density at radius 3 is 2.62 bits per heavy atom. The summed E-state index contributed by atoms with van der Waals surface area (Å²) in [5, 5.41) is 8.77. The Kier molecular flexibility index (Phi) is 3.25. The molecule has 0 aliphatic heterocycles. The van der Waals surface area contributed by atoms with Crippen molar-refractivity contribution in [3.05, 3.63) is 51.1 Å². The smallest absolute Gasteiger partial charge is 0.206 e. The molecule has 0 aliphatic carbocycles. The average Bonchev–Trinajstić information content (AvgIpc) is 2.75. The van der Waals surface area contributed by atoms with Crippen LogP contribution >= 0.6 is 22.6 Å². The molecule has 0 amide bonds. The van der Waals surface area contributed by atoms with Gasteiger partial charge < -0.3 is 5.73 Å². The van der Waals surface area contributed by atoms with E-state index in [1.165, 1.54) is 22.8 Å². The molecule has 7 heteroatoms. The third kappa shape index (κ3) is 2.21. The molecule has 2 aromatic carbocycles. The summed E-state index contributed by atoms with van der Waals surface area (Å²) in [5.41, 5.74) is 6.98. The quantitative estimate of drug-likeness (QED) is 0.642. The number of nitrogens with zero attached hydrogens (tertiary/aromatic N) is 3. The van der Waals surface area contributed by atoms with E-state index in [4.69, 9.17) is 11.0 Å². The summed E-state index contributed by atoms with van der Waals surface area (Å²) in [6, 6.07) is 8.64. The Morgan fingerprint density at radius 2 is 1.95 bits per heavy atom. The van der Waals surface area contributed by atoms with Crippen molar-refractivity contribution in [2.75, 3.05) is 5.73 Å². The second-order valence-electron chi connectivity index (χ2n) is 4.34. The number of benzene rings is 2. The number of rotatable bonds is 1. The average molecular weight is 396 g/mol. The number of nitrogen functional groups attached to an aromatic ring is 1. The fraction of sp³-hybridized carbons (Fsp3) is 0. The molecule has 0 saturated heterocycles. The Hall–Kier alpha value is -2.21. The molecule has 0 atom stereocenters. The number of nitrogens with two attached hydrogens (primary N) is 1. The van der Waals surface area contributed by atoms with Gasteiger partial charge in [0.1, 0.15) is 11.6 Å². The number of anilines is 1. The largest absolute Gasteiger partial charge is 0.369 e. The van der Waals surface area contributed by atoms with Gasteiger partial charge in [-0.15, -0.1) is 0 Å². The molecule has 0 spiro atoms. The lowest BCUT2D eigenvalue weighted by Gasteiger charge is -2.08. The summed E-state index contributed by atoms with van der Waals surface area (Å²) in [7, 11) is 0. The maximum atomic E-state index is 14.1. The van der Waals surface area contributed by atoms with Crippen LogP contribution in [0.5, 0.6) is 0 Å². The standard InChI is InChI=1S/C14H7F2IN4/c15-8-4-13-11(5-10(8)17)20-14(19)21(13)12-2-1-7(6-18)3-9(12)16/h1-5H,(H2,19,20). The third-order valence-corrected chi connectivity index (χ3v) is 3.87. The maximum absolute atomic E-state index is 14.1. The van der Waals surface area contributed by atoms with E-state index in [2.05, 4.69) is 4.98 Å².